The lowest BCUT2D eigenvalue weighted by Crippen LogP contribution is -2.68. The van der Waals surface area contributed by atoms with Crippen molar-refractivity contribution in [2.45, 2.75) is 211 Å². The van der Waals surface area contributed by atoms with Gasteiger partial charge in [0.05, 0.1) is 31.5 Å². The molecule has 19 heteroatoms. The fraction of sp³-hybridized carbons (Fsp3) is 0.938. The van der Waals surface area contributed by atoms with Crippen molar-refractivity contribution < 1.29 is 94.5 Å². The number of fused-ring (bicyclic) bond motifs is 7. The molecule has 0 aromatic carbocycles. The van der Waals surface area contributed by atoms with Crippen LogP contribution < -0.4 is 0 Å². The molecule has 4 saturated carbocycles. The van der Waals surface area contributed by atoms with Gasteiger partial charge >= 0.3 is 5.97 Å². The van der Waals surface area contributed by atoms with E-state index in [9.17, 15) is 66.1 Å². The van der Waals surface area contributed by atoms with Crippen molar-refractivity contribution in [2.75, 3.05) is 19.8 Å². The quantitative estimate of drug-likeness (QED) is 0.0986. The zero-order chi connectivity index (χ0) is 49.1. The van der Waals surface area contributed by atoms with E-state index in [0.717, 1.165) is 38.5 Å². The Labute approximate surface area is 392 Å². The van der Waals surface area contributed by atoms with E-state index in [-0.39, 0.29) is 58.0 Å². The molecule has 0 aromatic rings. The summed E-state index contributed by atoms with van der Waals surface area (Å²) >= 11 is 0. The number of carbonyl (C=O) groups is 1. The number of aliphatic hydroxyl groups is 11. The molecule has 0 amide bonds. The average Bonchev–Trinajstić information content (AvgIpc) is 3.28. The standard InChI is InChI=1S/C48H78O19/c1-21-29(53)31(55)34(58)40(62-21)66-37-32(56)30(54)24(18-49)63-42(37)65-36-33(57)35(59)41(67-38(36)39(60)61)64-28-11-12-45(4)25(46(28,5)20-51)10-13-48(7)26(45)9-8-22-23-16-43(2,19-50)17-27(52)44(23,3)14-15-47(22,48)6/h8,21,23-38,40-42,49-59H,9-20H2,1-7H3,(H,60,61)/t21-,23-,24-,25+,26+,27+,28-,29-,30-,31+,32+,33-,34-,35-,36+,37-,38+,40+,41-,42+,43+,44+,45-,46+,47+,48+/m0/s1. The molecule has 3 saturated heterocycles. The van der Waals surface area contributed by atoms with Gasteiger partial charge in [0.25, 0.3) is 0 Å². The Morgan fingerprint density at radius 1 is 0.657 bits per heavy atom. The Bertz CT molecular complexity index is 1840. The molecule has 0 unspecified atom stereocenters. The SMILES string of the molecule is C[C@@H]1O[C@H](O[C@@H]2[C@@H](O[C@@H]3[C@@H](O)[C@H](O)[C@@H](O[C@H]4CC[C@@]5(C)[C@@H](CC[C@]6(C)[C@@H]5CC=C5[C@@H]7C[C@@](C)(CO)C[C@@H](O)[C@]7(C)CC[C@]56C)[C@@]4(C)CO)O[C@H]3C(=O)O)O[C@@H](CO)[C@H](O)[C@H]2O)[C@@H](O)[C@H](O)[C@H]1O. The maximum Gasteiger partial charge on any atom is 0.335 e. The van der Waals surface area contributed by atoms with Crippen LogP contribution in [-0.4, -0.2) is 191 Å². The predicted octanol–water partition coefficient (Wildman–Crippen LogP) is -0.323. The van der Waals surface area contributed by atoms with Crippen molar-refractivity contribution in [3.05, 3.63) is 11.6 Å². The van der Waals surface area contributed by atoms with Gasteiger partial charge in [-0.2, -0.15) is 0 Å². The lowest BCUT2D eigenvalue weighted by molar-refractivity contribution is -0.388. The summed E-state index contributed by atoms with van der Waals surface area (Å²) < 4.78 is 35.3. The number of carboxylic acids is 1. The third kappa shape index (κ3) is 8.01. The molecule has 12 N–H and O–H groups in total. The largest absolute Gasteiger partial charge is 0.479 e. The van der Waals surface area contributed by atoms with Crippen LogP contribution in [0.25, 0.3) is 0 Å². The van der Waals surface area contributed by atoms with E-state index in [0.29, 0.717) is 19.3 Å². The van der Waals surface area contributed by atoms with Crippen LogP contribution in [0.4, 0.5) is 0 Å². The zero-order valence-corrected chi connectivity index (χ0v) is 39.8. The summed E-state index contributed by atoms with van der Waals surface area (Å²) in [7, 11) is 0. The molecular formula is C48H78O19. The Hall–Kier alpha value is -1.47. The van der Waals surface area contributed by atoms with Crippen LogP contribution in [0.5, 0.6) is 0 Å². The molecule has 7 fully saturated rings. The highest BCUT2D eigenvalue weighted by molar-refractivity contribution is 5.73. The summed E-state index contributed by atoms with van der Waals surface area (Å²) in [5.41, 5.74) is -0.690. The summed E-state index contributed by atoms with van der Waals surface area (Å²) in [6.45, 7) is 13.7. The van der Waals surface area contributed by atoms with Gasteiger partial charge in [0.1, 0.15) is 61.0 Å². The molecule has 0 aromatic heterocycles. The van der Waals surface area contributed by atoms with E-state index in [1.807, 2.05) is 6.92 Å². The summed E-state index contributed by atoms with van der Waals surface area (Å²) in [6.07, 6.45) is -18.7. The van der Waals surface area contributed by atoms with Crippen molar-refractivity contribution in [3.63, 3.8) is 0 Å². The molecule has 67 heavy (non-hydrogen) atoms. The first-order valence-electron chi connectivity index (χ1n) is 24.4. The molecule has 26 atom stereocenters. The monoisotopic (exact) mass is 959 g/mol. The van der Waals surface area contributed by atoms with E-state index >= 15 is 0 Å². The van der Waals surface area contributed by atoms with Crippen LogP contribution in [0.15, 0.2) is 11.6 Å². The van der Waals surface area contributed by atoms with Crippen molar-refractivity contribution in [2.24, 2.45) is 50.2 Å². The van der Waals surface area contributed by atoms with Gasteiger partial charge in [-0.05, 0) is 104 Å². The zero-order valence-electron chi connectivity index (χ0n) is 39.8. The minimum absolute atomic E-state index is 0.0212. The summed E-state index contributed by atoms with van der Waals surface area (Å²) in [6, 6.07) is 0. The van der Waals surface area contributed by atoms with E-state index in [4.69, 9.17) is 28.4 Å². The van der Waals surface area contributed by atoms with Gasteiger partial charge in [-0.1, -0.05) is 53.2 Å². The van der Waals surface area contributed by atoms with Crippen molar-refractivity contribution in [1.82, 2.24) is 0 Å². The van der Waals surface area contributed by atoms with E-state index in [1.54, 1.807) is 0 Å². The third-order valence-electron chi connectivity index (χ3n) is 19.8. The Kier molecular flexibility index (Phi) is 14.1. The predicted molar refractivity (Wildman–Crippen MR) is 232 cm³/mol. The van der Waals surface area contributed by atoms with E-state index < -0.39 is 122 Å². The average molecular weight is 959 g/mol. The molecule has 0 bridgehead atoms. The second-order valence-corrected chi connectivity index (χ2v) is 23.4. The number of carboxylic acid groups (broad SMARTS) is 1. The van der Waals surface area contributed by atoms with Crippen molar-refractivity contribution in [1.29, 1.82) is 0 Å². The van der Waals surface area contributed by atoms with Gasteiger partial charge < -0.3 is 89.7 Å². The maximum atomic E-state index is 12.9. The number of ether oxygens (including phenoxy) is 6. The molecule has 5 aliphatic carbocycles. The van der Waals surface area contributed by atoms with Crippen LogP contribution in [0.1, 0.15) is 106 Å². The van der Waals surface area contributed by atoms with Crippen molar-refractivity contribution in [3.8, 4) is 0 Å². The Morgan fingerprint density at radius 3 is 1.94 bits per heavy atom. The first kappa shape index (κ1) is 51.9. The minimum Gasteiger partial charge on any atom is -0.479 e. The van der Waals surface area contributed by atoms with Gasteiger partial charge in [0.15, 0.2) is 25.0 Å². The highest BCUT2D eigenvalue weighted by Gasteiger charge is 2.70. The molecule has 0 radical (unpaired) electrons. The van der Waals surface area contributed by atoms with Gasteiger partial charge in [0.2, 0.25) is 0 Å². The number of hydrogen-bond acceptors (Lipinski definition) is 18. The van der Waals surface area contributed by atoms with E-state index in [1.165, 1.54) is 12.5 Å². The highest BCUT2D eigenvalue weighted by Crippen LogP contribution is 2.76. The normalized spacial score (nSPS) is 56.7. The fourth-order valence-electron chi connectivity index (χ4n) is 15.1. The molecular weight excluding hydrogens is 881 g/mol. The molecule has 0 spiro atoms. The van der Waals surface area contributed by atoms with Gasteiger partial charge in [-0.3, -0.25) is 0 Å². The lowest BCUT2D eigenvalue weighted by Gasteiger charge is -2.72. The molecule has 3 aliphatic heterocycles. The van der Waals surface area contributed by atoms with Gasteiger partial charge in [0, 0.05) is 17.4 Å². The summed E-state index contributed by atoms with van der Waals surface area (Å²) in [4.78, 5) is 12.9. The van der Waals surface area contributed by atoms with Crippen molar-refractivity contribution >= 4 is 5.97 Å². The summed E-state index contributed by atoms with van der Waals surface area (Å²) in [5.74, 6) is -1.34. The number of rotatable bonds is 10. The number of allylic oxidation sites excluding steroid dienone is 2. The van der Waals surface area contributed by atoms with Crippen LogP contribution in [-0.2, 0) is 33.2 Å². The second kappa shape index (κ2) is 18.2. The maximum absolute atomic E-state index is 12.9. The third-order valence-corrected chi connectivity index (χ3v) is 19.8. The number of hydrogen-bond donors (Lipinski definition) is 12. The van der Waals surface area contributed by atoms with Crippen LogP contribution in [0.3, 0.4) is 0 Å². The Morgan fingerprint density at radius 2 is 1.30 bits per heavy atom. The van der Waals surface area contributed by atoms with E-state index in [2.05, 4.69) is 40.7 Å². The summed E-state index contributed by atoms with van der Waals surface area (Å²) in [5, 5.41) is 130. The van der Waals surface area contributed by atoms with Gasteiger partial charge in [-0.15, -0.1) is 0 Å². The number of aliphatic carboxylic acids is 1. The topological polar surface area (TPSA) is 315 Å². The molecule has 384 valence electrons. The Balaban J connectivity index is 1.01. The fourth-order valence-corrected chi connectivity index (χ4v) is 15.1. The van der Waals surface area contributed by atoms with Crippen LogP contribution in [0, 0.1) is 50.2 Å². The molecule has 3 heterocycles. The molecule has 8 rings (SSSR count). The molecule has 19 nitrogen and oxygen atoms in total. The number of aliphatic hydroxyl groups excluding tert-OH is 11. The van der Waals surface area contributed by atoms with Crippen LogP contribution >= 0.6 is 0 Å². The first-order valence-corrected chi connectivity index (χ1v) is 24.4. The van der Waals surface area contributed by atoms with Gasteiger partial charge in [-0.25, -0.2) is 4.79 Å². The first-order chi connectivity index (χ1) is 31.3. The van der Waals surface area contributed by atoms with Crippen LogP contribution in [0.2, 0.25) is 0 Å². The smallest absolute Gasteiger partial charge is 0.335 e. The molecule has 8 aliphatic rings. The highest BCUT2D eigenvalue weighted by atomic mass is 16.8. The minimum atomic E-state index is -2.04. The second-order valence-electron chi connectivity index (χ2n) is 23.4. The lowest BCUT2D eigenvalue weighted by atomic mass is 9.33.